The molecule has 2 rings (SSSR count). The van der Waals surface area contributed by atoms with Gasteiger partial charge < -0.3 is 9.80 Å². The van der Waals surface area contributed by atoms with Crippen LogP contribution in [0, 0.1) is 6.92 Å². The fraction of sp³-hybridized carbons (Fsp3) is 0.167. The van der Waals surface area contributed by atoms with E-state index in [2.05, 4.69) is 30.5 Å². The lowest BCUT2D eigenvalue weighted by molar-refractivity contribution is 0.587. The maximum Gasteiger partial charge on any atom is 0.109 e. The van der Waals surface area contributed by atoms with Gasteiger partial charge in [0.1, 0.15) is 5.82 Å². The molecule has 0 radical (unpaired) electrons. The van der Waals surface area contributed by atoms with E-state index in [-0.39, 0.29) is 0 Å². The van der Waals surface area contributed by atoms with Crippen LogP contribution in [-0.4, -0.2) is 11.9 Å². The first-order valence-electron chi connectivity index (χ1n) is 4.65. The van der Waals surface area contributed by atoms with Gasteiger partial charge in [0.2, 0.25) is 0 Å². The van der Waals surface area contributed by atoms with Crippen LogP contribution in [0.15, 0.2) is 49.1 Å². The predicted molar refractivity (Wildman–Crippen MR) is 59.7 cm³/mol. The van der Waals surface area contributed by atoms with Gasteiger partial charge in [0.05, 0.1) is 0 Å². The van der Waals surface area contributed by atoms with Gasteiger partial charge in [0.15, 0.2) is 0 Å². The van der Waals surface area contributed by atoms with Gasteiger partial charge in [0.25, 0.3) is 0 Å². The molecule has 2 heteroatoms. The van der Waals surface area contributed by atoms with Crippen LogP contribution < -0.4 is 4.90 Å². The van der Waals surface area contributed by atoms with Crippen LogP contribution in [0.4, 0.5) is 5.69 Å². The third-order valence-corrected chi connectivity index (χ3v) is 2.50. The van der Waals surface area contributed by atoms with E-state index in [9.17, 15) is 0 Å². The van der Waals surface area contributed by atoms with Crippen LogP contribution in [0.3, 0.4) is 0 Å². The predicted octanol–water partition coefficient (Wildman–Crippen LogP) is 2.69. The molecule has 2 nitrogen and oxygen atoms in total. The number of hydrogen-bond donors (Lipinski definition) is 0. The Kier molecular flexibility index (Phi) is 2.04. The SMILES string of the molecule is C=C1N(C)C=CN1c1ccccc1C. The highest BCUT2D eigenvalue weighted by molar-refractivity contribution is 5.60. The Labute approximate surface area is 84.8 Å². The first kappa shape index (κ1) is 8.88. The zero-order chi connectivity index (χ0) is 10.1. The number of rotatable bonds is 1. The number of nitrogens with zero attached hydrogens (tertiary/aromatic N) is 2. The molecule has 0 fully saturated rings. The lowest BCUT2D eigenvalue weighted by Gasteiger charge is -2.22. The Balaban J connectivity index is 2.38. The minimum Gasteiger partial charge on any atom is -0.336 e. The Hall–Kier alpha value is -1.70. The molecule has 0 amide bonds. The van der Waals surface area contributed by atoms with Gasteiger partial charge in [-0.05, 0) is 18.6 Å². The first-order valence-corrected chi connectivity index (χ1v) is 4.65. The summed E-state index contributed by atoms with van der Waals surface area (Å²) in [6.07, 6.45) is 4.04. The third-order valence-electron chi connectivity index (χ3n) is 2.50. The standard InChI is InChI=1S/C12H14N2/c1-10-6-4-5-7-12(10)14-9-8-13(3)11(14)2/h4-9H,2H2,1,3H3. The van der Waals surface area contributed by atoms with Gasteiger partial charge in [0, 0.05) is 25.1 Å². The molecule has 0 unspecified atom stereocenters. The summed E-state index contributed by atoms with van der Waals surface area (Å²) >= 11 is 0. The molecule has 1 heterocycles. The lowest BCUT2D eigenvalue weighted by atomic mass is 10.2. The topological polar surface area (TPSA) is 6.48 Å². The smallest absolute Gasteiger partial charge is 0.109 e. The van der Waals surface area contributed by atoms with Gasteiger partial charge in [-0.2, -0.15) is 0 Å². The van der Waals surface area contributed by atoms with Crippen molar-refractivity contribution in [3.05, 3.63) is 54.6 Å². The highest BCUT2D eigenvalue weighted by Gasteiger charge is 2.16. The maximum absolute atomic E-state index is 4.02. The van der Waals surface area contributed by atoms with E-state index in [4.69, 9.17) is 0 Å². The normalized spacial score (nSPS) is 15.4. The molecule has 0 atom stereocenters. The fourth-order valence-electron chi connectivity index (χ4n) is 1.56. The second-order valence-corrected chi connectivity index (χ2v) is 3.48. The van der Waals surface area contributed by atoms with Gasteiger partial charge in [-0.15, -0.1) is 0 Å². The molecular weight excluding hydrogens is 172 g/mol. The van der Waals surface area contributed by atoms with E-state index in [0.29, 0.717) is 0 Å². The fourth-order valence-corrected chi connectivity index (χ4v) is 1.56. The molecule has 1 aliphatic heterocycles. The Bertz CT molecular complexity index is 393. The molecule has 0 spiro atoms. The van der Waals surface area contributed by atoms with Crippen molar-refractivity contribution >= 4 is 5.69 Å². The van der Waals surface area contributed by atoms with Crippen LogP contribution >= 0.6 is 0 Å². The van der Waals surface area contributed by atoms with Crippen molar-refractivity contribution in [3.63, 3.8) is 0 Å². The molecule has 0 saturated carbocycles. The molecular formula is C12H14N2. The molecule has 0 aliphatic carbocycles. The molecule has 0 saturated heterocycles. The molecule has 0 N–H and O–H groups in total. The average molecular weight is 186 g/mol. The van der Waals surface area contributed by atoms with Crippen LogP contribution in [0.1, 0.15) is 5.56 Å². The molecule has 0 bridgehead atoms. The van der Waals surface area contributed by atoms with Gasteiger partial charge in [-0.1, -0.05) is 24.8 Å². The van der Waals surface area contributed by atoms with Crippen LogP contribution in [0.25, 0.3) is 0 Å². The summed E-state index contributed by atoms with van der Waals surface area (Å²) in [5.74, 6) is 0.985. The van der Waals surface area contributed by atoms with E-state index in [1.54, 1.807) is 0 Å². The summed E-state index contributed by atoms with van der Waals surface area (Å²) in [4.78, 5) is 4.10. The van der Waals surface area contributed by atoms with E-state index >= 15 is 0 Å². The zero-order valence-electron chi connectivity index (χ0n) is 8.57. The van der Waals surface area contributed by atoms with Crippen molar-refractivity contribution in [2.45, 2.75) is 6.92 Å². The summed E-state index contributed by atoms with van der Waals surface area (Å²) in [5.41, 5.74) is 2.45. The summed E-state index contributed by atoms with van der Waals surface area (Å²) in [6, 6.07) is 8.30. The average Bonchev–Trinajstić information content (AvgIpc) is 2.49. The monoisotopic (exact) mass is 186 g/mol. The van der Waals surface area contributed by atoms with Crippen molar-refractivity contribution < 1.29 is 0 Å². The zero-order valence-corrected chi connectivity index (χ0v) is 8.57. The number of hydrogen-bond acceptors (Lipinski definition) is 2. The Morgan fingerprint density at radius 2 is 1.86 bits per heavy atom. The summed E-state index contributed by atoms with van der Waals surface area (Å²) in [6.45, 7) is 6.13. The van der Waals surface area contributed by atoms with Crippen LogP contribution in [0.2, 0.25) is 0 Å². The van der Waals surface area contributed by atoms with Gasteiger partial charge in [-0.25, -0.2) is 0 Å². The van der Waals surface area contributed by atoms with Crippen molar-refractivity contribution in [1.29, 1.82) is 0 Å². The van der Waals surface area contributed by atoms with Gasteiger partial charge in [-0.3, -0.25) is 0 Å². The van der Waals surface area contributed by atoms with E-state index < -0.39 is 0 Å². The van der Waals surface area contributed by atoms with Crippen LogP contribution in [0.5, 0.6) is 0 Å². The Morgan fingerprint density at radius 3 is 2.43 bits per heavy atom. The molecule has 1 aromatic carbocycles. The van der Waals surface area contributed by atoms with Gasteiger partial charge >= 0.3 is 0 Å². The minimum absolute atomic E-state index is 0.985. The number of aryl methyl sites for hydroxylation is 1. The number of para-hydroxylation sites is 1. The number of anilines is 1. The summed E-state index contributed by atoms with van der Waals surface area (Å²) < 4.78 is 0. The quantitative estimate of drug-likeness (QED) is 0.665. The molecule has 0 aromatic heterocycles. The maximum atomic E-state index is 4.02. The second-order valence-electron chi connectivity index (χ2n) is 3.48. The largest absolute Gasteiger partial charge is 0.336 e. The molecule has 14 heavy (non-hydrogen) atoms. The molecule has 72 valence electrons. The first-order chi connectivity index (χ1) is 6.70. The van der Waals surface area contributed by atoms with E-state index in [0.717, 1.165) is 5.82 Å². The number of benzene rings is 1. The lowest BCUT2D eigenvalue weighted by Crippen LogP contribution is -2.18. The highest BCUT2D eigenvalue weighted by atomic mass is 15.3. The third kappa shape index (κ3) is 1.29. The van der Waals surface area contributed by atoms with Crippen LogP contribution in [-0.2, 0) is 0 Å². The summed E-state index contributed by atoms with van der Waals surface area (Å²) in [5, 5.41) is 0. The minimum atomic E-state index is 0.985. The van der Waals surface area contributed by atoms with Crippen molar-refractivity contribution in [2.75, 3.05) is 11.9 Å². The second kappa shape index (κ2) is 3.22. The van der Waals surface area contributed by atoms with Crippen molar-refractivity contribution in [1.82, 2.24) is 4.90 Å². The highest BCUT2D eigenvalue weighted by Crippen LogP contribution is 2.27. The Morgan fingerprint density at radius 1 is 1.14 bits per heavy atom. The van der Waals surface area contributed by atoms with E-state index in [1.165, 1.54) is 11.3 Å². The molecule has 1 aromatic rings. The van der Waals surface area contributed by atoms with E-state index in [1.807, 2.05) is 36.5 Å². The van der Waals surface area contributed by atoms with Crippen molar-refractivity contribution in [2.24, 2.45) is 0 Å². The summed E-state index contributed by atoms with van der Waals surface area (Å²) in [7, 11) is 2.00. The van der Waals surface area contributed by atoms with Crippen molar-refractivity contribution in [3.8, 4) is 0 Å². The molecule has 1 aliphatic rings.